The number of carbonyl (C=O) groups is 1. The fourth-order valence-electron chi connectivity index (χ4n) is 2.12. The van der Waals surface area contributed by atoms with Gasteiger partial charge in [-0.05, 0) is 23.5 Å². The average molecular weight is 253 g/mol. The summed E-state index contributed by atoms with van der Waals surface area (Å²) in [6.45, 7) is 5.85. The van der Waals surface area contributed by atoms with Gasteiger partial charge in [0, 0.05) is 25.7 Å². The second-order valence-corrected chi connectivity index (χ2v) is 5.36. The van der Waals surface area contributed by atoms with Crippen molar-refractivity contribution >= 4 is 17.5 Å². The number of pyridine rings is 1. The standard InChI is InChI=1S/C13H17ClN2O/c1-9(2)11-5-13(17)16(8-11)7-10-3-4-12(14)15-6-10/h3-4,6,9,11H,5,7-8H2,1-2H3. The van der Waals surface area contributed by atoms with E-state index in [0.717, 1.165) is 12.1 Å². The number of halogens is 1. The van der Waals surface area contributed by atoms with Gasteiger partial charge in [0.2, 0.25) is 5.91 Å². The van der Waals surface area contributed by atoms with E-state index in [1.54, 1.807) is 12.3 Å². The van der Waals surface area contributed by atoms with E-state index in [-0.39, 0.29) is 5.91 Å². The maximum Gasteiger partial charge on any atom is 0.223 e. The van der Waals surface area contributed by atoms with Crippen LogP contribution in [0.1, 0.15) is 25.8 Å². The van der Waals surface area contributed by atoms with Crippen molar-refractivity contribution in [3.63, 3.8) is 0 Å². The lowest BCUT2D eigenvalue weighted by Gasteiger charge is -2.17. The summed E-state index contributed by atoms with van der Waals surface area (Å²) in [6, 6.07) is 3.68. The van der Waals surface area contributed by atoms with Crippen molar-refractivity contribution in [2.75, 3.05) is 6.54 Å². The maximum absolute atomic E-state index is 11.8. The molecule has 1 fully saturated rings. The molecule has 1 aliphatic heterocycles. The summed E-state index contributed by atoms with van der Waals surface area (Å²) in [5.74, 6) is 1.30. The van der Waals surface area contributed by atoms with Gasteiger partial charge in [0.15, 0.2) is 0 Å². The third-order valence-corrected chi connectivity index (χ3v) is 3.57. The van der Waals surface area contributed by atoms with E-state index in [4.69, 9.17) is 11.6 Å². The number of hydrogen-bond acceptors (Lipinski definition) is 2. The first-order valence-electron chi connectivity index (χ1n) is 5.94. The highest BCUT2D eigenvalue weighted by Crippen LogP contribution is 2.26. The molecule has 4 heteroatoms. The van der Waals surface area contributed by atoms with Gasteiger partial charge in [-0.1, -0.05) is 31.5 Å². The molecule has 0 aromatic carbocycles. The van der Waals surface area contributed by atoms with Gasteiger partial charge in [-0.2, -0.15) is 0 Å². The molecule has 1 saturated heterocycles. The molecule has 1 amide bonds. The molecular formula is C13H17ClN2O. The molecule has 0 aliphatic carbocycles. The average Bonchev–Trinajstić information content (AvgIpc) is 2.64. The Morgan fingerprint density at radius 2 is 2.29 bits per heavy atom. The third kappa shape index (κ3) is 2.97. The predicted molar refractivity (Wildman–Crippen MR) is 67.6 cm³/mol. The maximum atomic E-state index is 11.8. The van der Waals surface area contributed by atoms with Gasteiger partial charge >= 0.3 is 0 Å². The lowest BCUT2D eigenvalue weighted by molar-refractivity contribution is -0.128. The Morgan fingerprint density at radius 1 is 1.53 bits per heavy atom. The van der Waals surface area contributed by atoms with Gasteiger partial charge in [-0.25, -0.2) is 4.98 Å². The minimum atomic E-state index is 0.249. The van der Waals surface area contributed by atoms with E-state index < -0.39 is 0 Å². The second kappa shape index (κ2) is 5.05. The van der Waals surface area contributed by atoms with Crippen LogP contribution in [0.3, 0.4) is 0 Å². The van der Waals surface area contributed by atoms with E-state index >= 15 is 0 Å². The van der Waals surface area contributed by atoms with Crippen LogP contribution in [0.5, 0.6) is 0 Å². The fraction of sp³-hybridized carbons (Fsp3) is 0.538. The number of likely N-dealkylation sites (tertiary alicyclic amines) is 1. The van der Waals surface area contributed by atoms with Crippen LogP contribution in [0.25, 0.3) is 0 Å². The first-order chi connectivity index (χ1) is 8.06. The first kappa shape index (κ1) is 12.4. The Balaban J connectivity index is 2.00. The zero-order chi connectivity index (χ0) is 12.4. The Morgan fingerprint density at radius 3 is 2.82 bits per heavy atom. The molecule has 0 saturated carbocycles. The van der Waals surface area contributed by atoms with Crippen LogP contribution in [-0.4, -0.2) is 22.3 Å². The van der Waals surface area contributed by atoms with Crippen LogP contribution < -0.4 is 0 Å². The number of hydrogen-bond donors (Lipinski definition) is 0. The Bertz CT molecular complexity index is 402. The van der Waals surface area contributed by atoms with Crippen LogP contribution in [0.15, 0.2) is 18.3 Å². The van der Waals surface area contributed by atoms with Gasteiger partial charge in [0.25, 0.3) is 0 Å². The van der Waals surface area contributed by atoms with Gasteiger partial charge < -0.3 is 4.90 Å². The summed E-state index contributed by atoms with van der Waals surface area (Å²) in [7, 11) is 0. The molecular weight excluding hydrogens is 236 g/mol. The monoisotopic (exact) mass is 252 g/mol. The van der Waals surface area contributed by atoms with Crippen LogP contribution in [-0.2, 0) is 11.3 Å². The molecule has 1 aromatic rings. The first-order valence-corrected chi connectivity index (χ1v) is 6.32. The summed E-state index contributed by atoms with van der Waals surface area (Å²) in [5, 5.41) is 0.488. The normalized spacial score (nSPS) is 20.4. The molecule has 3 nitrogen and oxygen atoms in total. The second-order valence-electron chi connectivity index (χ2n) is 4.97. The van der Waals surface area contributed by atoms with E-state index in [2.05, 4.69) is 18.8 Å². The van der Waals surface area contributed by atoms with Crippen molar-refractivity contribution < 1.29 is 4.79 Å². The summed E-state index contributed by atoms with van der Waals surface area (Å²) in [5.41, 5.74) is 1.03. The Kier molecular flexibility index (Phi) is 3.67. The lowest BCUT2D eigenvalue weighted by atomic mass is 9.95. The Labute approximate surface area is 107 Å². The molecule has 17 heavy (non-hydrogen) atoms. The van der Waals surface area contributed by atoms with E-state index in [9.17, 15) is 4.79 Å². The molecule has 0 radical (unpaired) electrons. The Hall–Kier alpha value is -1.09. The number of amides is 1. The number of aromatic nitrogens is 1. The summed E-state index contributed by atoms with van der Waals surface area (Å²) in [4.78, 5) is 17.8. The molecule has 0 spiro atoms. The van der Waals surface area contributed by atoms with Crippen LogP contribution >= 0.6 is 11.6 Å². The minimum absolute atomic E-state index is 0.249. The minimum Gasteiger partial charge on any atom is -0.338 e. The predicted octanol–water partition coefficient (Wildman–Crippen LogP) is 2.74. The van der Waals surface area contributed by atoms with E-state index in [1.807, 2.05) is 11.0 Å². The number of carbonyl (C=O) groups excluding carboxylic acids is 1. The topological polar surface area (TPSA) is 33.2 Å². The molecule has 0 bridgehead atoms. The molecule has 2 rings (SSSR count). The van der Waals surface area contributed by atoms with Crippen molar-refractivity contribution in [1.29, 1.82) is 0 Å². The van der Waals surface area contributed by atoms with Gasteiger partial charge in [0.05, 0.1) is 0 Å². The molecule has 92 valence electrons. The smallest absolute Gasteiger partial charge is 0.223 e. The van der Waals surface area contributed by atoms with Gasteiger partial charge in [-0.15, -0.1) is 0 Å². The van der Waals surface area contributed by atoms with E-state index in [0.29, 0.717) is 30.0 Å². The SMILES string of the molecule is CC(C)C1CC(=O)N(Cc2ccc(Cl)nc2)C1. The van der Waals surface area contributed by atoms with Crippen molar-refractivity contribution in [3.05, 3.63) is 29.0 Å². The molecule has 2 heterocycles. The highest BCUT2D eigenvalue weighted by molar-refractivity contribution is 6.29. The zero-order valence-electron chi connectivity index (χ0n) is 10.2. The highest BCUT2D eigenvalue weighted by Gasteiger charge is 2.31. The molecule has 1 aromatic heterocycles. The fourth-order valence-corrected chi connectivity index (χ4v) is 2.23. The lowest BCUT2D eigenvalue weighted by Crippen LogP contribution is -2.25. The molecule has 0 N–H and O–H groups in total. The van der Waals surface area contributed by atoms with Crippen LogP contribution in [0, 0.1) is 11.8 Å². The summed E-state index contributed by atoms with van der Waals surface area (Å²) >= 11 is 5.73. The van der Waals surface area contributed by atoms with Gasteiger partial charge in [-0.3, -0.25) is 4.79 Å². The summed E-state index contributed by atoms with van der Waals surface area (Å²) < 4.78 is 0. The van der Waals surface area contributed by atoms with Crippen LogP contribution in [0.2, 0.25) is 5.15 Å². The number of nitrogens with zero attached hydrogens (tertiary/aromatic N) is 2. The number of rotatable bonds is 3. The van der Waals surface area contributed by atoms with Gasteiger partial charge in [0.1, 0.15) is 5.15 Å². The summed E-state index contributed by atoms with van der Waals surface area (Å²) in [6.07, 6.45) is 2.41. The van der Waals surface area contributed by atoms with Crippen molar-refractivity contribution in [3.8, 4) is 0 Å². The zero-order valence-corrected chi connectivity index (χ0v) is 10.9. The van der Waals surface area contributed by atoms with Crippen molar-refractivity contribution in [2.24, 2.45) is 11.8 Å². The molecule has 1 unspecified atom stereocenters. The largest absolute Gasteiger partial charge is 0.338 e. The van der Waals surface area contributed by atoms with Crippen molar-refractivity contribution in [1.82, 2.24) is 9.88 Å². The third-order valence-electron chi connectivity index (χ3n) is 3.35. The van der Waals surface area contributed by atoms with Crippen molar-refractivity contribution in [2.45, 2.75) is 26.8 Å². The molecule has 1 atom stereocenters. The van der Waals surface area contributed by atoms with E-state index in [1.165, 1.54) is 0 Å². The molecule has 1 aliphatic rings. The quantitative estimate of drug-likeness (QED) is 0.775. The highest BCUT2D eigenvalue weighted by atomic mass is 35.5. The van der Waals surface area contributed by atoms with Crippen LogP contribution in [0.4, 0.5) is 0 Å².